The molecule has 0 unspecified atom stereocenters. The number of anilines is 1. The van der Waals surface area contributed by atoms with Crippen LogP contribution >= 0.6 is 15.9 Å². The molecule has 5 heteroatoms. The van der Waals surface area contributed by atoms with E-state index in [1.54, 1.807) is 12.4 Å². The van der Waals surface area contributed by atoms with E-state index in [9.17, 15) is 0 Å². The molecular weight excluding hydrogens is 294 g/mol. The number of halogens is 1. The minimum Gasteiger partial charge on any atom is -0.434 e. The Hall–Kier alpha value is -1.88. The Balaban J connectivity index is 2.22. The summed E-state index contributed by atoms with van der Waals surface area (Å²) in [5.41, 5.74) is 9.79. The van der Waals surface area contributed by atoms with E-state index in [1.165, 1.54) is 0 Å². The van der Waals surface area contributed by atoms with Crippen LogP contribution in [0.25, 0.3) is 22.6 Å². The second kappa shape index (κ2) is 4.10. The minimum atomic E-state index is 0.524. The Bertz CT molecular complexity index is 736. The molecule has 0 atom stereocenters. The maximum absolute atomic E-state index is 5.92. The minimum absolute atomic E-state index is 0.524. The molecule has 0 bridgehead atoms. The fraction of sp³-hybridized carbons (Fsp3) is 0.0769. The van der Waals surface area contributed by atoms with Gasteiger partial charge < -0.3 is 10.2 Å². The molecule has 18 heavy (non-hydrogen) atoms. The summed E-state index contributed by atoms with van der Waals surface area (Å²) in [5, 5.41) is 0. The van der Waals surface area contributed by atoms with Crippen LogP contribution < -0.4 is 5.73 Å². The van der Waals surface area contributed by atoms with Crippen molar-refractivity contribution in [3.05, 3.63) is 40.6 Å². The molecule has 4 nitrogen and oxygen atoms in total. The zero-order valence-corrected chi connectivity index (χ0v) is 11.2. The SMILES string of the molecule is Cc1cc(N)c2oc(-c3cncc(Br)c3)nc2c1. The molecular formula is C13H10BrN3O. The van der Waals surface area contributed by atoms with Crippen LogP contribution in [0.5, 0.6) is 0 Å². The smallest absolute Gasteiger partial charge is 0.229 e. The molecule has 1 aromatic carbocycles. The van der Waals surface area contributed by atoms with Gasteiger partial charge in [-0.15, -0.1) is 0 Å². The summed E-state index contributed by atoms with van der Waals surface area (Å²) in [6.45, 7) is 1.98. The topological polar surface area (TPSA) is 64.9 Å². The monoisotopic (exact) mass is 303 g/mol. The van der Waals surface area contributed by atoms with E-state index in [4.69, 9.17) is 10.2 Å². The lowest BCUT2D eigenvalue weighted by atomic mass is 10.2. The first-order chi connectivity index (χ1) is 8.63. The summed E-state index contributed by atoms with van der Waals surface area (Å²) in [4.78, 5) is 8.53. The fourth-order valence-corrected chi connectivity index (χ4v) is 2.22. The number of hydrogen-bond acceptors (Lipinski definition) is 4. The number of aryl methyl sites for hydroxylation is 1. The molecule has 0 saturated heterocycles. The van der Waals surface area contributed by atoms with Crippen molar-refractivity contribution in [2.24, 2.45) is 0 Å². The van der Waals surface area contributed by atoms with Crippen molar-refractivity contribution in [3.63, 3.8) is 0 Å². The van der Waals surface area contributed by atoms with Gasteiger partial charge in [-0.2, -0.15) is 0 Å². The number of oxazole rings is 1. The molecule has 2 N–H and O–H groups in total. The van der Waals surface area contributed by atoms with Crippen LogP contribution in [0.15, 0.2) is 39.5 Å². The molecule has 0 saturated carbocycles. The number of hydrogen-bond donors (Lipinski definition) is 1. The predicted molar refractivity (Wildman–Crippen MR) is 74.1 cm³/mol. The number of nitrogens with zero attached hydrogens (tertiary/aromatic N) is 2. The Morgan fingerprint density at radius 2 is 2.06 bits per heavy atom. The van der Waals surface area contributed by atoms with Crippen molar-refractivity contribution in [2.75, 3.05) is 5.73 Å². The number of rotatable bonds is 1. The van der Waals surface area contributed by atoms with Crippen LogP contribution in [-0.4, -0.2) is 9.97 Å². The Morgan fingerprint density at radius 1 is 1.22 bits per heavy atom. The highest BCUT2D eigenvalue weighted by Gasteiger charge is 2.11. The van der Waals surface area contributed by atoms with Crippen molar-refractivity contribution in [1.29, 1.82) is 0 Å². The summed E-state index contributed by atoms with van der Waals surface area (Å²) in [5.74, 6) is 0.524. The molecule has 3 aromatic rings. The van der Waals surface area contributed by atoms with Crippen LogP contribution in [0, 0.1) is 6.92 Å². The number of fused-ring (bicyclic) bond motifs is 1. The maximum atomic E-state index is 5.92. The van der Waals surface area contributed by atoms with E-state index >= 15 is 0 Å². The zero-order valence-electron chi connectivity index (χ0n) is 9.64. The van der Waals surface area contributed by atoms with Gasteiger partial charge in [0.1, 0.15) is 5.52 Å². The number of nitrogens with two attached hydrogens (primary N) is 1. The summed E-state index contributed by atoms with van der Waals surface area (Å²) < 4.78 is 6.58. The predicted octanol–water partition coefficient (Wildman–Crippen LogP) is 3.54. The lowest BCUT2D eigenvalue weighted by Crippen LogP contribution is -1.86. The highest BCUT2D eigenvalue weighted by Crippen LogP contribution is 2.29. The molecule has 0 fully saturated rings. The van der Waals surface area contributed by atoms with Crippen LogP contribution in [0.1, 0.15) is 5.56 Å². The van der Waals surface area contributed by atoms with E-state index in [0.717, 1.165) is 21.1 Å². The van der Waals surface area contributed by atoms with Crippen molar-refractivity contribution < 1.29 is 4.42 Å². The Labute approximate surface area is 112 Å². The first kappa shape index (κ1) is 11.2. The first-order valence-corrected chi connectivity index (χ1v) is 6.20. The average molecular weight is 304 g/mol. The van der Waals surface area contributed by atoms with Crippen molar-refractivity contribution in [2.45, 2.75) is 6.92 Å². The van der Waals surface area contributed by atoms with E-state index in [1.807, 2.05) is 25.1 Å². The summed E-state index contributed by atoms with van der Waals surface area (Å²) >= 11 is 3.37. The third-order valence-electron chi connectivity index (χ3n) is 2.61. The van der Waals surface area contributed by atoms with Crippen molar-refractivity contribution in [3.8, 4) is 11.5 Å². The van der Waals surface area contributed by atoms with Gasteiger partial charge in [-0.05, 0) is 46.6 Å². The third-order valence-corrected chi connectivity index (χ3v) is 3.05. The molecule has 0 radical (unpaired) electrons. The molecule has 0 aliphatic heterocycles. The maximum Gasteiger partial charge on any atom is 0.229 e. The van der Waals surface area contributed by atoms with Gasteiger partial charge in [-0.1, -0.05) is 0 Å². The van der Waals surface area contributed by atoms with Crippen LogP contribution in [0.2, 0.25) is 0 Å². The highest BCUT2D eigenvalue weighted by molar-refractivity contribution is 9.10. The van der Waals surface area contributed by atoms with Crippen LogP contribution in [0.4, 0.5) is 5.69 Å². The molecule has 2 aromatic heterocycles. The van der Waals surface area contributed by atoms with Gasteiger partial charge in [0.05, 0.1) is 11.3 Å². The van der Waals surface area contributed by atoms with Gasteiger partial charge in [0.25, 0.3) is 0 Å². The van der Waals surface area contributed by atoms with E-state index in [-0.39, 0.29) is 0 Å². The number of benzene rings is 1. The largest absolute Gasteiger partial charge is 0.434 e. The van der Waals surface area contributed by atoms with Crippen molar-refractivity contribution >= 4 is 32.7 Å². The lowest BCUT2D eigenvalue weighted by molar-refractivity contribution is 0.620. The Kier molecular flexibility index (Phi) is 2.56. The standard InChI is InChI=1S/C13H10BrN3O/c1-7-2-10(15)12-11(3-7)17-13(18-12)8-4-9(14)6-16-5-8/h2-6H,15H2,1H3. The molecule has 0 aliphatic rings. The quantitative estimate of drug-likeness (QED) is 0.698. The van der Waals surface area contributed by atoms with E-state index in [0.29, 0.717) is 17.2 Å². The van der Waals surface area contributed by atoms with Gasteiger partial charge in [0.15, 0.2) is 5.58 Å². The van der Waals surface area contributed by atoms with E-state index < -0.39 is 0 Å². The van der Waals surface area contributed by atoms with Gasteiger partial charge in [0.2, 0.25) is 5.89 Å². The van der Waals surface area contributed by atoms with Gasteiger partial charge in [-0.25, -0.2) is 4.98 Å². The Morgan fingerprint density at radius 3 is 2.83 bits per heavy atom. The highest BCUT2D eigenvalue weighted by atomic mass is 79.9. The molecule has 3 rings (SSSR count). The summed E-state index contributed by atoms with van der Waals surface area (Å²) in [6, 6.07) is 5.72. The second-order valence-corrected chi connectivity index (χ2v) is 5.03. The normalized spacial score (nSPS) is 11.0. The number of nitrogen functional groups attached to an aromatic ring is 1. The molecule has 0 aliphatic carbocycles. The van der Waals surface area contributed by atoms with Crippen molar-refractivity contribution in [1.82, 2.24) is 9.97 Å². The fourth-order valence-electron chi connectivity index (χ4n) is 1.86. The lowest BCUT2D eigenvalue weighted by Gasteiger charge is -1.95. The first-order valence-electron chi connectivity index (χ1n) is 5.41. The number of pyridine rings is 1. The molecule has 90 valence electrons. The van der Waals surface area contributed by atoms with E-state index in [2.05, 4.69) is 25.9 Å². The van der Waals surface area contributed by atoms with Gasteiger partial charge in [-0.3, -0.25) is 4.98 Å². The molecule has 2 heterocycles. The van der Waals surface area contributed by atoms with Gasteiger partial charge >= 0.3 is 0 Å². The van der Waals surface area contributed by atoms with Crippen LogP contribution in [-0.2, 0) is 0 Å². The van der Waals surface area contributed by atoms with Crippen LogP contribution in [0.3, 0.4) is 0 Å². The zero-order chi connectivity index (χ0) is 12.7. The average Bonchev–Trinajstić information content (AvgIpc) is 2.73. The second-order valence-electron chi connectivity index (χ2n) is 4.11. The summed E-state index contributed by atoms with van der Waals surface area (Å²) in [7, 11) is 0. The molecule has 0 amide bonds. The molecule has 0 spiro atoms. The third kappa shape index (κ3) is 1.86. The summed E-state index contributed by atoms with van der Waals surface area (Å²) in [6.07, 6.45) is 3.42. The number of aromatic nitrogens is 2. The van der Waals surface area contributed by atoms with Gasteiger partial charge in [0, 0.05) is 16.9 Å².